The number of allylic oxidation sites excluding steroid dienone is 2. The van der Waals surface area contributed by atoms with Gasteiger partial charge in [0.25, 0.3) is 0 Å². The molecule has 2 bridgehead atoms. The highest BCUT2D eigenvalue weighted by Gasteiger charge is 2.60. The molecule has 3 aromatic rings. The van der Waals surface area contributed by atoms with E-state index in [2.05, 4.69) is 41.1 Å². The Labute approximate surface area is 409 Å². The second kappa shape index (κ2) is 21.4. The Morgan fingerprint density at radius 3 is 2.59 bits per heavy atom. The molecule has 2 aromatic heterocycles. The van der Waals surface area contributed by atoms with Crippen LogP contribution in [-0.2, 0) is 51.2 Å². The van der Waals surface area contributed by atoms with Crippen molar-refractivity contribution in [1.82, 2.24) is 25.0 Å². The first kappa shape index (κ1) is 50.8. The zero-order chi connectivity index (χ0) is 49.9. The summed E-state index contributed by atoms with van der Waals surface area (Å²) in [5.41, 5.74) is 1.93. The number of fused-ring (bicyclic) bond motifs is 2. The van der Waals surface area contributed by atoms with Crippen LogP contribution in [0.2, 0.25) is 0 Å². The fourth-order valence-corrected chi connectivity index (χ4v) is 10.5. The molecule has 3 saturated heterocycles. The van der Waals surface area contributed by atoms with Gasteiger partial charge in [0.05, 0.1) is 43.0 Å². The first-order valence-corrected chi connectivity index (χ1v) is 24.7. The zero-order valence-electron chi connectivity index (χ0n) is 41.4. The smallest absolute Gasteiger partial charge is 0.342 e. The van der Waals surface area contributed by atoms with Crippen LogP contribution in [-0.4, -0.2) is 114 Å². The third kappa shape index (κ3) is 10.7. The predicted octanol–water partition coefficient (Wildman–Crippen LogP) is 6.89. The summed E-state index contributed by atoms with van der Waals surface area (Å²) in [6, 6.07) is 9.25. The van der Waals surface area contributed by atoms with E-state index in [0.29, 0.717) is 65.4 Å². The van der Waals surface area contributed by atoms with E-state index in [1.54, 1.807) is 45.2 Å². The Hall–Kier alpha value is -5.59. The Balaban J connectivity index is 1.03. The lowest BCUT2D eigenvalue weighted by Gasteiger charge is -2.51. The number of ether oxygens (including phenoxy) is 7. The van der Waals surface area contributed by atoms with Crippen molar-refractivity contribution in [1.29, 1.82) is 0 Å². The number of aliphatic hydroxyl groups excluding tert-OH is 1. The molecular weight excluding hydrogens is 899 g/mol. The van der Waals surface area contributed by atoms with Gasteiger partial charge in [0.2, 0.25) is 0 Å². The van der Waals surface area contributed by atoms with Crippen molar-refractivity contribution in [3.05, 3.63) is 101 Å². The largest absolute Gasteiger partial charge is 0.462 e. The van der Waals surface area contributed by atoms with Crippen molar-refractivity contribution in [3.8, 4) is 17.3 Å². The van der Waals surface area contributed by atoms with Crippen LogP contribution < -0.4 is 4.74 Å². The first-order chi connectivity index (χ1) is 33.5. The Kier molecular flexibility index (Phi) is 15.5. The number of aryl methyl sites for hydroxylation is 1. The minimum atomic E-state index is -1.88. The number of carbonyl (C=O) groups is 3. The SMILES string of the molecule is CCOC(=O)c1c(C)nc(OCc2cn(CC(=O)O[C@@H]3/C(C)=C/C[C@@H]4C[C@@H](C[C@]5(CC[C@H](C)[C@@H]([C@@H](C)CC)O5)O4)OC(=O)[C@@H]4C=C(C)[C@@H](O)[C@H]5OC/C(=C/C=C/[C@@H]3C)[C@]54O)nn2)nc1-c1ccccc1. The van der Waals surface area contributed by atoms with Gasteiger partial charge >= 0.3 is 23.9 Å². The summed E-state index contributed by atoms with van der Waals surface area (Å²) in [5, 5.41) is 32.1. The third-order valence-electron chi connectivity index (χ3n) is 14.5. The molecule has 6 heterocycles. The summed E-state index contributed by atoms with van der Waals surface area (Å²) in [5.74, 6) is -3.60. The zero-order valence-corrected chi connectivity index (χ0v) is 41.4. The predicted molar refractivity (Wildman–Crippen MR) is 255 cm³/mol. The van der Waals surface area contributed by atoms with Crippen LogP contribution in [0.1, 0.15) is 109 Å². The van der Waals surface area contributed by atoms with E-state index in [4.69, 9.17) is 33.2 Å². The molecular formula is C53H67N5O12. The summed E-state index contributed by atoms with van der Waals surface area (Å²) in [7, 11) is 0. The van der Waals surface area contributed by atoms with Gasteiger partial charge in [-0.2, -0.15) is 9.97 Å². The van der Waals surface area contributed by atoms with E-state index in [-0.39, 0.29) is 55.9 Å². The van der Waals surface area contributed by atoms with Crippen molar-refractivity contribution >= 4 is 17.9 Å². The normalized spacial score (nSPS) is 33.6. The number of esters is 3. The van der Waals surface area contributed by atoms with Gasteiger partial charge in [-0.15, -0.1) is 5.10 Å². The molecule has 1 spiro atoms. The molecule has 4 aliphatic heterocycles. The van der Waals surface area contributed by atoms with Crippen molar-refractivity contribution < 1.29 is 57.8 Å². The number of aliphatic hydroxyl groups is 2. The fraction of sp³-hybridized carbons (Fsp3) is 0.566. The minimum absolute atomic E-state index is 0.0151. The van der Waals surface area contributed by atoms with Gasteiger partial charge in [-0.1, -0.05) is 100 Å². The van der Waals surface area contributed by atoms with Gasteiger partial charge < -0.3 is 43.4 Å². The molecule has 0 unspecified atom stereocenters. The monoisotopic (exact) mass is 965 g/mol. The fourth-order valence-electron chi connectivity index (χ4n) is 10.5. The molecule has 376 valence electrons. The number of nitrogens with zero attached hydrogens (tertiary/aromatic N) is 5. The van der Waals surface area contributed by atoms with Gasteiger partial charge in [-0.3, -0.25) is 9.59 Å². The van der Waals surface area contributed by atoms with Crippen LogP contribution in [0.3, 0.4) is 0 Å². The molecule has 8 rings (SSSR count). The number of hydrogen-bond acceptors (Lipinski definition) is 16. The molecule has 0 saturated carbocycles. The Morgan fingerprint density at radius 1 is 1.04 bits per heavy atom. The van der Waals surface area contributed by atoms with E-state index in [1.165, 1.54) is 4.68 Å². The molecule has 0 amide bonds. The summed E-state index contributed by atoms with van der Waals surface area (Å²) in [6.45, 7) is 15.4. The van der Waals surface area contributed by atoms with Crippen LogP contribution >= 0.6 is 0 Å². The average molecular weight is 966 g/mol. The molecule has 2 N–H and O–H groups in total. The topological polar surface area (TPSA) is 213 Å². The van der Waals surface area contributed by atoms with Crippen LogP contribution in [0, 0.1) is 30.6 Å². The van der Waals surface area contributed by atoms with E-state index in [9.17, 15) is 24.6 Å². The summed E-state index contributed by atoms with van der Waals surface area (Å²) in [4.78, 5) is 50.1. The molecule has 1 aliphatic carbocycles. The Morgan fingerprint density at radius 2 is 1.83 bits per heavy atom. The van der Waals surface area contributed by atoms with Gasteiger partial charge in [0.15, 0.2) is 5.79 Å². The molecule has 5 aliphatic rings. The maximum absolute atomic E-state index is 14.4. The van der Waals surface area contributed by atoms with Gasteiger partial charge in [0.1, 0.15) is 60.3 Å². The first-order valence-electron chi connectivity index (χ1n) is 24.7. The molecule has 12 atom stereocenters. The van der Waals surface area contributed by atoms with Crippen molar-refractivity contribution in [3.63, 3.8) is 0 Å². The molecule has 3 fully saturated rings. The molecule has 70 heavy (non-hydrogen) atoms. The van der Waals surface area contributed by atoms with E-state index in [0.717, 1.165) is 18.4 Å². The summed E-state index contributed by atoms with van der Waals surface area (Å²) < 4.78 is 45.1. The average Bonchev–Trinajstić information content (AvgIpc) is 3.93. The third-order valence-corrected chi connectivity index (χ3v) is 14.5. The van der Waals surface area contributed by atoms with Gasteiger partial charge in [0, 0.05) is 30.7 Å². The highest BCUT2D eigenvalue weighted by Crippen LogP contribution is 2.48. The number of aromatic nitrogens is 5. The van der Waals surface area contributed by atoms with Gasteiger partial charge in [-0.05, 0) is 69.1 Å². The summed E-state index contributed by atoms with van der Waals surface area (Å²) >= 11 is 0. The van der Waals surface area contributed by atoms with E-state index >= 15 is 0 Å². The van der Waals surface area contributed by atoms with Crippen molar-refractivity contribution in [2.45, 2.75) is 155 Å². The highest BCUT2D eigenvalue weighted by atomic mass is 16.7. The second-order valence-corrected chi connectivity index (χ2v) is 19.7. The lowest BCUT2D eigenvalue weighted by Crippen LogP contribution is -2.58. The van der Waals surface area contributed by atoms with Crippen molar-refractivity contribution in [2.24, 2.45) is 23.7 Å². The maximum atomic E-state index is 14.4. The quantitative estimate of drug-likeness (QED) is 0.114. The number of carbonyl (C=O) groups excluding carboxylic acids is 3. The maximum Gasteiger partial charge on any atom is 0.342 e. The molecule has 1 aromatic carbocycles. The van der Waals surface area contributed by atoms with Crippen LogP contribution in [0.25, 0.3) is 11.3 Å². The Bertz CT molecular complexity index is 2520. The van der Waals surface area contributed by atoms with Crippen LogP contribution in [0.4, 0.5) is 0 Å². The standard InChI is InChI=1S/C53H67N5O12/c1-9-30(3)47-33(6)21-22-52(70-47)25-40-24-39(69-52)20-19-32(5)46(31(4)15-14-18-37-28-65-48-45(60)34(7)23-41(49(61)67-40)53(37,48)63)68-42(59)27-58-26-38(56-57-58)29-66-51-54-35(8)43(50(62)64-10-2)44(55-51)36-16-12-11-13-17-36/h11-19,23,26,30-31,33,39-41,45-48,60,63H,9-10,20-22,24-25,27-29H2,1-8H3/b15-14+,32-19+,37-18-/t30-,31-,33-,39+,40-,41-,45+,46-,47+,48+,52+,53+/m0/s1. The lowest BCUT2D eigenvalue weighted by molar-refractivity contribution is -0.340. The second-order valence-electron chi connectivity index (χ2n) is 19.7. The van der Waals surface area contributed by atoms with E-state index in [1.807, 2.05) is 56.3 Å². The lowest BCUT2D eigenvalue weighted by atomic mass is 9.71. The minimum Gasteiger partial charge on any atom is -0.462 e. The molecule has 17 heteroatoms. The van der Waals surface area contributed by atoms with E-state index < -0.39 is 65.7 Å². The van der Waals surface area contributed by atoms with Crippen molar-refractivity contribution in [2.75, 3.05) is 13.2 Å². The highest BCUT2D eigenvalue weighted by molar-refractivity contribution is 5.97. The number of hydrogen-bond donors (Lipinski definition) is 2. The summed E-state index contributed by atoms with van der Waals surface area (Å²) in [6.07, 6.45) is 10.1. The van der Waals surface area contributed by atoms with Crippen LogP contribution in [0.5, 0.6) is 6.01 Å². The molecule has 0 radical (unpaired) electrons. The van der Waals surface area contributed by atoms with Crippen LogP contribution in [0.15, 0.2) is 83.6 Å². The number of benzene rings is 1. The van der Waals surface area contributed by atoms with Gasteiger partial charge in [-0.25, -0.2) is 9.48 Å². The molecule has 17 nitrogen and oxygen atoms in total. The number of rotatable bonds is 11.